The van der Waals surface area contributed by atoms with Gasteiger partial charge in [-0.05, 0) is 30.7 Å². The lowest BCUT2D eigenvalue weighted by molar-refractivity contribution is 0.0376. The molecule has 0 atom stereocenters. The maximum Gasteiger partial charge on any atom is 0.337 e. The van der Waals surface area contributed by atoms with Crippen LogP contribution in [0.5, 0.6) is 0 Å². The molecule has 0 amide bonds. The molecule has 7 nitrogen and oxygen atoms in total. The predicted molar refractivity (Wildman–Crippen MR) is 93.0 cm³/mol. The third-order valence-electron chi connectivity index (χ3n) is 3.87. The fraction of sp³-hybridized carbons (Fsp3) is 0.529. The Labute approximate surface area is 142 Å². The molecule has 24 heavy (non-hydrogen) atoms. The van der Waals surface area contributed by atoms with Crippen molar-refractivity contribution in [3.05, 3.63) is 35.4 Å². The Morgan fingerprint density at radius 2 is 2.04 bits per heavy atom. The molecule has 1 heterocycles. The molecule has 7 heteroatoms. The average Bonchev–Trinajstić information content (AvgIpc) is 2.64. The summed E-state index contributed by atoms with van der Waals surface area (Å²) in [6, 6.07) is 7.15. The number of hydrogen-bond acceptors (Lipinski definition) is 5. The van der Waals surface area contributed by atoms with Crippen LogP contribution in [0.2, 0.25) is 0 Å². The second-order valence-electron chi connectivity index (χ2n) is 5.62. The average molecular weight is 334 g/mol. The van der Waals surface area contributed by atoms with Gasteiger partial charge in [-0.25, -0.2) is 9.79 Å². The molecule has 132 valence electrons. The molecule has 0 saturated carbocycles. The highest BCUT2D eigenvalue weighted by Gasteiger charge is 2.09. The van der Waals surface area contributed by atoms with Crippen molar-refractivity contribution in [3.63, 3.8) is 0 Å². The number of guanidine groups is 1. The van der Waals surface area contributed by atoms with Gasteiger partial charge in [0.2, 0.25) is 0 Å². The van der Waals surface area contributed by atoms with Crippen molar-refractivity contribution < 1.29 is 14.3 Å². The quantitative estimate of drug-likeness (QED) is 0.328. The largest absolute Gasteiger partial charge is 0.465 e. The van der Waals surface area contributed by atoms with Crippen LogP contribution in [-0.4, -0.2) is 63.3 Å². The van der Waals surface area contributed by atoms with Crippen molar-refractivity contribution in [1.82, 2.24) is 10.2 Å². The predicted octanol–water partition coefficient (Wildman–Crippen LogP) is 0.600. The number of benzene rings is 1. The highest BCUT2D eigenvalue weighted by Crippen LogP contribution is 2.06. The molecular weight excluding hydrogens is 308 g/mol. The van der Waals surface area contributed by atoms with Crippen LogP contribution in [0.25, 0.3) is 0 Å². The highest BCUT2D eigenvalue weighted by molar-refractivity contribution is 5.89. The molecular formula is C17H26N4O3. The topological polar surface area (TPSA) is 89.2 Å². The molecule has 0 bridgehead atoms. The summed E-state index contributed by atoms with van der Waals surface area (Å²) in [5, 5.41) is 3.13. The number of nitrogens with zero attached hydrogens (tertiary/aromatic N) is 2. The lowest BCUT2D eigenvalue weighted by Crippen LogP contribution is -2.39. The van der Waals surface area contributed by atoms with Crippen LogP contribution in [0.1, 0.15) is 22.3 Å². The SMILES string of the molecule is COC(=O)c1ccc(CN=C(N)NCCCN2CCOCC2)cc1. The smallest absolute Gasteiger partial charge is 0.337 e. The summed E-state index contributed by atoms with van der Waals surface area (Å²) in [7, 11) is 1.37. The second kappa shape index (κ2) is 9.89. The maximum atomic E-state index is 11.4. The van der Waals surface area contributed by atoms with Gasteiger partial charge < -0.3 is 20.5 Å². The number of rotatable bonds is 7. The summed E-state index contributed by atoms with van der Waals surface area (Å²) in [5.74, 6) is 0.0977. The molecule has 1 aromatic rings. The Bertz CT molecular complexity index is 539. The van der Waals surface area contributed by atoms with Gasteiger partial charge in [0.15, 0.2) is 5.96 Å². The van der Waals surface area contributed by atoms with Gasteiger partial charge in [0.25, 0.3) is 0 Å². The molecule has 3 N–H and O–H groups in total. The maximum absolute atomic E-state index is 11.4. The number of carbonyl (C=O) groups excluding carboxylic acids is 1. The van der Waals surface area contributed by atoms with Gasteiger partial charge in [-0.2, -0.15) is 0 Å². The number of carbonyl (C=O) groups is 1. The Morgan fingerprint density at radius 1 is 1.33 bits per heavy atom. The zero-order chi connectivity index (χ0) is 17.2. The van der Waals surface area contributed by atoms with Crippen LogP contribution in [0, 0.1) is 0 Å². The van der Waals surface area contributed by atoms with Crippen molar-refractivity contribution in [1.29, 1.82) is 0 Å². The van der Waals surface area contributed by atoms with Crippen LogP contribution in [0.15, 0.2) is 29.3 Å². The van der Waals surface area contributed by atoms with E-state index >= 15 is 0 Å². The number of nitrogens with one attached hydrogen (secondary N) is 1. The van der Waals surface area contributed by atoms with Gasteiger partial charge in [-0.15, -0.1) is 0 Å². The second-order valence-corrected chi connectivity index (χ2v) is 5.62. The van der Waals surface area contributed by atoms with E-state index in [0.717, 1.165) is 51.4 Å². The molecule has 1 aliphatic heterocycles. The molecule has 0 aromatic heterocycles. The molecule has 0 aliphatic carbocycles. The first-order valence-electron chi connectivity index (χ1n) is 8.20. The van der Waals surface area contributed by atoms with E-state index in [0.29, 0.717) is 18.1 Å². The Morgan fingerprint density at radius 3 is 2.71 bits per heavy atom. The third kappa shape index (κ3) is 6.17. The monoisotopic (exact) mass is 334 g/mol. The Kier molecular flexibility index (Phi) is 7.51. The Hall–Kier alpha value is -2.12. The minimum Gasteiger partial charge on any atom is -0.465 e. The fourth-order valence-electron chi connectivity index (χ4n) is 2.44. The van der Waals surface area contributed by atoms with E-state index in [1.807, 2.05) is 12.1 Å². The number of ether oxygens (including phenoxy) is 2. The molecule has 1 aliphatic rings. The lowest BCUT2D eigenvalue weighted by Gasteiger charge is -2.26. The van der Waals surface area contributed by atoms with E-state index in [4.69, 9.17) is 10.5 Å². The molecule has 1 aromatic carbocycles. The van der Waals surface area contributed by atoms with Gasteiger partial charge in [-0.1, -0.05) is 12.1 Å². The molecule has 0 radical (unpaired) electrons. The zero-order valence-electron chi connectivity index (χ0n) is 14.2. The van der Waals surface area contributed by atoms with Crippen molar-refractivity contribution >= 4 is 11.9 Å². The number of aliphatic imine (C=N–C) groups is 1. The van der Waals surface area contributed by atoms with E-state index in [1.165, 1.54) is 7.11 Å². The standard InChI is InChI=1S/C17H26N4O3/c1-23-16(22)15-5-3-14(4-6-15)13-20-17(18)19-7-2-8-21-9-11-24-12-10-21/h3-6H,2,7-13H2,1H3,(H3,18,19,20). The van der Waals surface area contributed by atoms with E-state index in [9.17, 15) is 4.79 Å². The van der Waals surface area contributed by atoms with Crippen LogP contribution in [0.4, 0.5) is 0 Å². The number of morpholine rings is 1. The van der Waals surface area contributed by atoms with Crippen LogP contribution in [-0.2, 0) is 16.0 Å². The van der Waals surface area contributed by atoms with Gasteiger partial charge in [-0.3, -0.25) is 4.90 Å². The summed E-state index contributed by atoms with van der Waals surface area (Å²) in [4.78, 5) is 18.1. The lowest BCUT2D eigenvalue weighted by atomic mass is 10.1. The first kappa shape index (κ1) is 18.2. The normalized spacial score (nSPS) is 16.0. The van der Waals surface area contributed by atoms with Crippen LogP contribution in [0.3, 0.4) is 0 Å². The third-order valence-corrected chi connectivity index (χ3v) is 3.87. The van der Waals surface area contributed by atoms with E-state index < -0.39 is 0 Å². The van der Waals surface area contributed by atoms with Crippen molar-refractivity contribution in [2.45, 2.75) is 13.0 Å². The summed E-state index contributed by atoms with van der Waals surface area (Å²) in [6.45, 7) is 5.98. The molecule has 1 fully saturated rings. The van der Waals surface area contributed by atoms with Gasteiger partial charge in [0, 0.05) is 19.6 Å². The number of esters is 1. The summed E-state index contributed by atoms with van der Waals surface area (Å²) >= 11 is 0. The summed E-state index contributed by atoms with van der Waals surface area (Å²) < 4.78 is 9.99. The minimum absolute atomic E-state index is 0.341. The first-order chi connectivity index (χ1) is 11.7. The van der Waals surface area contributed by atoms with Crippen LogP contribution >= 0.6 is 0 Å². The van der Waals surface area contributed by atoms with Crippen molar-refractivity contribution in [2.75, 3.05) is 46.5 Å². The van der Waals surface area contributed by atoms with Crippen LogP contribution < -0.4 is 11.1 Å². The fourth-order valence-corrected chi connectivity index (χ4v) is 2.44. The minimum atomic E-state index is -0.341. The number of nitrogens with two attached hydrogens (primary N) is 1. The Balaban J connectivity index is 1.66. The molecule has 2 rings (SSSR count). The highest BCUT2D eigenvalue weighted by atomic mass is 16.5. The van der Waals surface area contributed by atoms with Gasteiger partial charge in [0.1, 0.15) is 0 Å². The van der Waals surface area contributed by atoms with E-state index in [-0.39, 0.29) is 5.97 Å². The summed E-state index contributed by atoms with van der Waals surface area (Å²) in [5.41, 5.74) is 7.39. The van der Waals surface area contributed by atoms with Crippen molar-refractivity contribution in [2.24, 2.45) is 10.7 Å². The molecule has 0 spiro atoms. The first-order valence-corrected chi connectivity index (χ1v) is 8.20. The summed E-state index contributed by atoms with van der Waals surface area (Å²) in [6.07, 6.45) is 1.02. The molecule has 0 unspecified atom stereocenters. The van der Waals surface area contributed by atoms with Gasteiger partial charge in [0.05, 0.1) is 32.4 Å². The molecule has 1 saturated heterocycles. The van der Waals surface area contributed by atoms with E-state index in [2.05, 4.69) is 19.9 Å². The number of hydrogen-bond donors (Lipinski definition) is 2. The number of methoxy groups -OCH3 is 1. The van der Waals surface area contributed by atoms with Crippen molar-refractivity contribution in [3.8, 4) is 0 Å². The zero-order valence-corrected chi connectivity index (χ0v) is 14.2. The van der Waals surface area contributed by atoms with Gasteiger partial charge >= 0.3 is 5.97 Å². The van der Waals surface area contributed by atoms with E-state index in [1.54, 1.807) is 12.1 Å².